The van der Waals surface area contributed by atoms with Crippen LogP contribution in [0.5, 0.6) is 0 Å². The van der Waals surface area contributed by atoms with Crippen molar-refractivity contribution in [2.24, 2.45) is 21.8 Å². The van der Waals surface area contributed by atoms with Crippen LogP contribution in [0, 0.1) is 18.0 Å². The Hall–Kier alpha value is -1.57. The Morgan fingerprint density at radius 3 is 1.46 bits per heavy atom. The molecule has 208 valence electrons. The quantitative estimate of drug-likeness (QED) is 0.0928. The topological polar surface area (TPSA) is 24.7 Å². The molecule has 1 aliphatic heterocycles. The molecule has 2 rings (SSSR count). The lowest BCUT2D eigenvalue weighted by Crippen LogP contribution is -2.22. The van der Waals surface area contributed by atoms with Gasteiger partial charge in [-0.25, -0.2) is 0 Å². The fraction of sp³-hybridized carbons (Fsp3) is 0.743. The van der Waals surface area contributed by atoms with Gasteiger partial charge < -0.3 is 0 Å². The number of hydrogen-bond acceptors (Lipinski definition) is 2. The van der Waals surface area contributed by atoms with Crippen LogP contribution in [0.25, 0.3) is 0 Å². The van der Waals surface area contributed by atoms with E-state index in [1.807, 2.05) is 12.4 Å². The first-order chi connectivity index (χ1) is 18.3. The number of benzene rings is 1. The van der Waals surface area contributed by atoms with Crippen LogP contribution in [-0.4, -0.2) is 12.4 Å². The minimum Gasteiger partial charge on any atom is -0.0965 e. The van der Waals surface area contributed by atoms with Crippen LogP contribution >= 0.6 is 0 Å². The number of unbranched alkanes of at least 4 members (excludes halogenated alkanes) is 17. The number of aliphatic imine (C=N–C) groups is 2. The summed E-state index contributed by atoms with van der Waals surface area (Å²) in [7, 11) is 0. The summed E-state index contributed by atoms with van der Waals surface area (Å²) >= 11 is 0. The van der Waals surface area contributed by atoms with Gasteiger partial charge in [0.15, 0.2) is 12.4 Å². The molecule has 2 heteroatoms. The molecule has 1 aromatic carbocycles. The molecule has 37 heavy (non-hydrogen) atoms. The summed E-state index contributed by atoms with van der Waals surface area (Å²) in [6.07, 6.45) is 35.2. The summed E-state index contributed by atoms with van der Waals surface area (Å²) in [6, 6.07) is 11.1. The van der Waals surface area contributed by atoms with E-state index in [9.17, 15) is 0 Å². The van der Waals surface area contributed by atoms with Crippen LogP contribution in [-0.2, 0) is 6.42 Å². The van der Waals surface area contributed by atoms with Crippen molar-refractivity contribution in [2.75, 3.05) is 0 Å². The maximum Gasteiger partial charge on any atom is 0.244 e. The molecule has 0 bridgehead atoms. The van der Waals surface area contributed by atoms with Gasteiger partial charge in [0, 0.05) is 0 Å². The van der Waals surface area contributed by atoms with Crippen molar-refractivity contribution in [2.45, 2.75) is 155 Å². The monoisotopic (exact) mass is 507 g/mol. The summed E-state index contributed by atoms with van der Waals surface area (Å²) < 4.78 is 0. The van der Waals surface area contributed by atoms with E-state index in [1.54, 1.807) is 0 Å². The lowest BCUT2D eigenvalue weighted by Gasteiger charge is -2.26. The molecule has 1 heterocycles. The fourth-order valence-electron chi connectivity index (χ4n) is 5.95. The van der Waals surface area contributed by atoms with Gasteiger partial charge in [0.1, 0.15) is 0 Å². The third kappa shape index (κ3) is 15.4. The predicted octanol–water partition coefficient (Wildman–Crippen LogP) is 11.3. The van der Waals surface area contributed by atoms with E-state index in [0.29, 0.717) is 11.8 Å². The van der Waals surface area contributed by atoms with E-state index in [-0.39, 0.29) is 0 Å². The van der Waals surface area contributed by atoms with Gasteiger partial charge in [-0.3, -0.25) is 0 Å². The summed E-state index contributed by atoms with van der Waals surface area (Å²) in [5.74, 6) is 1.15. The van der Waals surface area contributed by atoms with Crippen molar-refractivity contribution < 1.29 is 0 Å². The first kappa shape index (κ1) is 31.6. The van der Waals surface area contributed by atoms with Gasteiger partial charge in [-0.2, -0.15) is 0 Å². The summed E-state index contributed by atoms with van der Waals surface area (Å²) in [6.45, 7) is 4.60. The van der Waals surface area contributed by atoms with Crippen molar-refractivity contribution >= 4 is 12.4 Å². The molecule has 2 unspecified atom stereocenters. The largest absolute Gasteiger partial charge is 0.244 e. The lowest BCUT2D eigenvalue weighted by molar-refractivity contribution is 0.284. The third-order valence-corrected chi connectivity index (χ3v) is 8.27. The van der Waals surface area contributed by atoms with Crippen LogP contribution in [0.2, 0.25) is 0 Å². The Bertz CT molecular complexity index is 668. The average Bonchev–Trinajstić information content (AvgIpc) is 3.46. The molecule has 1 aromatic rings. The Morgan fingerprint density at radius 1 is 0.541 bits per heavy atom. The summed E-state index contributed by atoms with van der Waals surface area (Å²) in [5.41, 5.74) is 1.47. The van der Waals surface area contributed by atoms with Gasteiger partial charge in [-0.1, -0.05) is 176 Å². The zero-order valence-corrected chi connectivity index (χ0v) is 24.6. The second-order valence-corrected chi connectivity index (χ2v) is 11.6. The lowest BCUT2D eigenvalue weighted by atomic mass is 9.78. The van der Waals surface area contributed by atoms with Crippen LogP contribution in [0.15, 0.2) is 40.3 Å². The van der Waals surface area contributed by atoms with Crippen molar-refractivity contribution in [1.29, 1.82) is 0 Å². The van der Waals surface area contributed by atoms with E-state index in [4.69, 9.17) is 9.98 Å². The molecular weight excluding hydrogens is 448 g/mol. The minimum absolute atomic E-state index is 0.499. The molecule has 0 radical (unpaired) electrons. The van der Waals surface area contributed by atoms with Gasteiger partial charge >= 0.3 is 0 Å². The average molecular weight is 508 g/mol. The van der Waals surface area contributed by atoms with E-state index in [2.05, 4.69) is 44.2 Å². The highest BCUT2D eigenvalue weighted by atomic mass is 15.0. The molecule has 2 nitrogen and oxygen atoms in total. The highest BCUT2D eigenvalue weighted by Gasteiger charge is 2.35. The molecule has 0 aromatic heterocycles. The fourth-order valence-corrected chi connectivity index (χ4v) is 5.95. The van der Waals surface area contributed by atoms with E-state index < -0.39 is 0 Å². The summed E-state index contributed by atoms with van der Waals surface area (Å²) in [5, 5.41) is 0. The molecule has 0 fully saturated rings. The molecule has 0 saturated heterocycles. The van der Waals surface area contributed by atoms with Crippen LogP contribution in [0.3, 0.4) is 0 Å². The van der Waals surface area contributed by atoms with Crippen molar-refractivity contribution in [1.82, 2.24) is 0 Å². The molecule has 1 aliphatic rings. The number of hydrogen-bond donors (Lipinski definition) is 0. The van der Waals surface area contributed by atoms with E-state index >= 15 is 0 Å². The van der Waals surface area contributed by atoms with Gasteiger partial charge in [0.25, 0.3) is 0 Å². The maximum atomic E-state index is 4.71. The zero-order valence-electron chi connectivity index (χ0n) is 24.6. The van der Waals surface area contributed by atoms with Crippen LogP contribution in [0.1, 0.15) is 154 Å². The Morgan fingerprint density at radius 2 is 0.973 bits per heavy atom. The predicted molar refractivity (Wildman–Crippen MR) is 166 cm³/mol. The number of nitrogens with zero attached hydrogens (tertiary/aromatic N) is 2. The molecule has 0 amide bonds. The normalized spacial score (nSPS) is 14.5. The van der Waals surface area contributed by atoms with Crippen molar-refractivity contribution in [3.05, 3.63) is 42.1 Å². The van der Waals surface area contributed by atoms with Crippen LogP contribution < -0.4 is 0 Å². The molecule has 2 atom stereocenters. The molecule has 0 spiro atoms. The van der Waals surface area contributed by atoms with Gasteiger partial charge in [0.05, 0.1) is 5.92 Å². The van der Waals surface area contributed by atoms with Crippen molar-refractivity contribution in [3.63, 3.8) is 0 Å². The Balaban J connectivity index is 1.73. The van der Waals surface area contributed by atoms with Gasteiger partial charge in [-0.05, 0) is 30.7 Å². The third-order valence-electron chi connectivity index (χ3n) is 8.27. The minimum atomic E-state index is 0.499. The van der Waals surface area contributed by atoms with Gasteiger partial charge in [0.2, 0.25) is 6.17 Å². The smallest absolute Gasteiger partial charge is 0.0965 e. The molecule has 0 N–H and O–H groups in total. The van der Waals surface area contributed by atoms with E-state index in [0.717, 1.165) is 12.6 Å². The highest BCUT2D eigenvalue weighted by molar-refractivity contribution is 6.18. The summed E-state index contributed by atoms with van der Waals surface area (Å²) in [4.78, 5) is 9.42. The maximum absolute atomic E-state index is 4.71. The second-order valence-electron chi connectivity index (χ2n) is 11.6. The first-order valence-corrected chi connectivity index (χ1v) is 16.3. The Kier molecular flexibility index (Phi) is 19.2. The Labute approximate surface area is 231 Å². The molecular formula is C35H59N2+. The van der Waals surface area contributed by atoms with E-state index in [1.165, 1.54) is 140 Å². The SMILES string of the molecule is CCCCCCCCCCCCCCCC(Cc1ccccc1)C(CCCCCCCC)[C+]1N=CC=N1. The van der Waals surface area contributed by atoms with Crippen LogP contribution in [0.4, 0.5) is 0 Å². The first-order valence-electron chi connectivity index (χ1n) is 16.3. The standard InChI is InChI=1S/C35H59N2/c1-3-5-7-9-11-12-13-14-15-16-17-18-23-27-33(31-32-25-21-20-22-26-32)34(35-36-29-30-37-35)28-24-19-10-8-6-4-2/h20-22,25-26,29-30,33-34H,3-19,23-24,27-28,31H2,1-2H3/q+1. The zero-order chi connectivity index (χ0) is 26.2. The highest BCUT2D eigenvalue weighted by Crippen LogP contribution is 2.37. The molecule has 0 aliphatic carbocycles. The van der Waals surface area contributed by atoms with Crippen molar-refractivity contribution in [3.8, 4) is 0 Å². The van der Waals surface area contributed by atoms with Gasteiger partial charge in [-0.15, -0.1) is 0 Å². The number of rotatable bonds is 25. The second kappa shape index (κ2) is 22.4. The molecule has 0 saturated carbocycles.